The molecule has 0 aliphatic heterocycles. The van der Waals surface area contributed by atoms with Gasteiger partial charge < -0.3 is 9.47 Å². The number of rotatable bonds is 8. The van der Waals surface area contributed by atoms with E-state index >= 15 is 0 Å². The summed E-state index contributed by atoms with van der Waals surface area (Å²) in [6.07, 6.45) is 0. The second-order valence-corrected chi connectivity index (χ2v) is 18.7. The highest BCUT2D eigenvalue weighted by atomic mass is 15.1. The van der Waals surface area contributed by atoms with Crippen molar-refractivity contribution in [2.75, 3.05) is 4.90 Å². The van der Waals surface area contributed by atoms with Crippen molar-refractivity contribution in [3.63, 3.8) is 0 Å². The van der Waals surface area contributed by atoms with Gasteiger partial charge >= 0.3 is 0 Å². The van der Waals surface area contributed by atoms with Crippen molar-refractivity contribution in [1.82, 2.24) is 4.57 Å². The maximum absolute atomic E-state index is 2.47. The second kappa shape index (κ2) is 17.2. The van der Waals surface area contributed by atoms with Gasteiger partial charge in [-0.2, -0.15) is 0 Å². The Morgan fingerprint density at radius 1 is 0.222 bits per heavy atom. The molecule has 0 unspecified atom stereocenters. The van der Waals surface area contributed by atoms with Crippen LogP contribution in [0.1, 0.15) is 0 Å². The quantitative estimate of drug-likeness (QED) is 0.138. The molecule has 0 saturated carbocycles. The predicted octanol–water partition coefficient (Wildman–Crippen LogP) is 19.5. The minimum Gasteiger partial charge on any atom is -0.309 e. The minimum atomic E-state index is 1.08. The Hall–Kier alpha value is -9.50. The number of para-hydroxylation sites is 1. The average Bonchev–Trinajstić information content (AvgIpc) is 3.79. The zero-order chi connectivity index (χ0) is 47.5. The highest BCUT2D eigenvalue weighted by Gasteiger charge is 2.25. The third kappa shape index (κ3) is 6.72. The molecule has 0 bridgehead atoms. The van der Waals surface area contributed by atoms with E-state index in [1.807, 2.05) is 0 Å². The van der Waals surface area contributed by atoms with Crippen LogP contribution < -0.4 is 4.90 Å². The van der Waals surface area contributed by atoms with Crippen LogP contribution in [0.2, 0.25) is 0 Å². The van der Waals surface area contributed by atoms with Gasteiger partial charge in [0.2, 0.25) is 0 Å². The van der Waals surface area contributed by atoms with E-state index in [1.165, 1.54) is 109 Å². The van der Waals surface area contributed by atoms with E-state index in [-0.39, 0.29) is 0 Å². The van der Waals surface area contributed by atoms with Crippen molar-refractivity contribution in [2.45, 2.75) is 0 Å². The Kier molecular flexibility index (Phi) is 9.89. The van der Waals surface area contributed by atoms with Crippen LogP contribution in [-0.2, 0) is 0 Å². The van der Waals surface area contributed by atoms with Gasteiger partial charge in [-0.1, -0.05) is 218 Å². The SMILES string of the molecule is c1ccc(-c2ccc3c(c2)c2cc(-c4ccccc4)ccc2n3-c2ccc(N(c3ccccc3)c3c4ccccc4c(-c4c5ccccc5c(-c5ccccc5)c5ccccc45)c4ccccc34)cc2)cc1. The topological polar surface area (TPSA) is 8.17 Å². The number of nitrogens with zero attached hydrogens (tertiary/aromatic N) is 2. The van der Waals surface area contributed by atoms with Crippen LogP contribution >= 0.6 is 0 Å². The van der Waals surface area contributed by atoms with Crippen molar-refractivity contribution in [3.8, 4) is 50.2 Å². The summed E-state index contributed by atoms with van der Waals surface area (Å²) in [7, 11) is 0. The van der Waals surface area contributed by atoms with Crippen molar-refractivity contribution in [3.05, 3.63) is 279 Å². The van der Waals surface area contributed by atoms with Crippen molar-refractivity contribution < 1.29 is 0 Å². The van der Waals surface area contributed by atoms with E-state index in [0.717, 1.165) is 22.7 Å². The zero-order valence-electron chi connectivity index (χ0n) is 39.5. The molecule has 2 nitrogen and oxygen atoms in total. The molecule has 14 rings (SSSR count). The first-order chi connectivity index (χ1) is 35.8. The fraction of sp³-hybridized carbons (Fsp3) is 0. The lowest BCUT2D eigenvalue weighted by atomic mass is 9.82. The molecule has 0 fully saturated rings. The van der Waals surface area contributed by atoms with Crippen molar-refractivity contribution in [2.24, 2.45) is 0 Å². The summed E-state index contributed by atoms with van der Waals surface area (Å²) in [5, 5.41) is 12.2. The minimum absolute atomic E-state index is 1.08. The highest BCUT2D eigenvalue weighted by Crippen LogP contribution is 2.52. The van der Waals surface area contributed by atoms with Gasteiger partial charge in [-0.05, 0) is 137 Å². The Morgan fingerprint density at radius 3 is 0.986 bits per heavy atom. The van der Waals surface area contributed by atoms with Gasteiger partial charge in [0.15, 0.2) is 0 Å². The molecule has 0 aliphatic carbocycles. The number of fused-ring (bicyclic) bond motifs is 7. The van der Waals surface area contributed by atoms with E-state index in [0.29, 0.717) is 0 Å². The Labute approximate surface area is 418 Å². The van der Waals surface area contributed by atoms with E-state index in [2.05, 4.69) is 289 Å². The summed E-state index contributed by atoms with van der Waals surface area (Å²) in [5.74, 6) is 0. The van der Waals surface area contributed by atoms with E-state index in [9.17, 15) is 0 Å². The van der Waals surface area contributed by atoms with Gasteiger partial charge in [0, 0.05) is 38.6 Å². The number of aromatic nitrogens is 1. The fourth-order valence-corrected chi connectivity index (χ4v) is 11.6. The first kappa shape index (κ1) is 41.5. The largest absolute Gasteiger partial charge is 0.309 e. The lowest BCUT2D eigenvalue weighted by Crippen LogP contribution is -2.11. The molecule has 0 N–H and O–H groups in total. The molecule has 1 heterocycles. The number of benzene rings is 13. The fourth-order valence-electron chi connectivity index (χ4n) is 11.6. The Balaban J connectivity index is 0.986. The Morgan fingerprint density at radius 2 is 0.556 bits per heavy atom. The van der Waals surface area contributed by atoms with Gasteiger partial charge in [-0.25, -0.2) is 0 Å². The molecule has 14 aromatic rings. The van der Waals surface area contributed by atoms with Crippen molar-refractivity contribution >= 4 is 82.0 Å². The lowest BCUT2D eigenvalue weighted by Gasteiger charge is -2.30. The van der Waals surface area contributed by atoms with Gasteiger partial charge in [0.25, 0.3) is 0 Å². The van der Waals surface area contributed by atoms with E-state index in [4.69, 9.17) is 0 Å². The molecule has 0 spiro atoms. The normalized spacial score (nSPS) is 11.6. The molecule has 0 atom stereocenters. The van der Waals surface area contributed by atoms with Gasteiger partial charge in [-0.15, -0.1) is 0 Å². The molecular formula is C70H46N2. The highest BCUT2D eigenvalue weighted by molar-refractivity contribution is 6.30. The molecule has 13 aromatic carbocycles. The molecule has 0 aliphatic rings. The standard InChI is InChI=1S/C70H46N2/c1-5-21-47(22-6-1)50-37-43-65-63(45-50)64-46-51(48-23-7-2-8-24-48)38-44-66(64)72(65)54-41-39-53(40-42-54)71(52-27-11-4-12-28-52)70-61-35-19-17-33-59(61)69(60-34-18-20-36-62(60)70)68-57-31-15-13-29-55(57)67(49-25-9-3-10-26-49)56-30-14-16-32-58(56)68/h1-46H. The predicted molar refractivity (Wildman–Crippen MR) is 307 cm³/mol. The summed E-state index contributed by atoms with van der Waals surface area (Å²) in [4.78, 5) is 2.47. The first-order valence-electron chi connectivity index (χ1n) is 24.8. The lowest BCUT2D eigenvalue weighted by molar-refractivity contribution is 1.17. The number of hydrogen-bond donors (Lipinski definition) is 0. The second-order valence-electron chi connectivity index (χ2n) is 18.7. The third-order valence-corrected chi connectivity index (χ3v) is 14.7. The van der Waals surface area contributed by atoms with Crippen LogP contribution in [0.25, 0.3) is 115 Å². The van der Waals surface area contributed by atoms with E-state index < -0.39 is 0 Å². The molecule has 336 valence electrons. The van der Waals surface area contributed by atoms with Crippen LogP contribution in [0.15, 0.2) is 279 Å². The summed E-state index contributed by atoms with van der Waals surface area (Å²) in [6, 6.07) is 102. The summed E-state index contributed by atoms with van der Waals surface area (Å²) >= 11 is 0. The third-order valence-electron chi connectivity index (χ3n) is 14.7. The summed E-state index contributed by atoms with van der Waals surface area (Å²) < 4.78 is 2.43. The molecule has 72 heavy (non-hydrogen) atoms. The molecule has 1 aromatic heterocycles. The Bertz CT molecular complexity index is 4140. The van der Waals surface area contributed by atoms with Gasteiger partial charge in [0.1, 0.15) is 0 Å². The molecule has 2 heteroatoms. The number of anilines is 3. The molecular weight excluding hydrogens is 869 g/mol. The first-order valence-corrected chi connectivity index (χ1v) is 24.8. The number of hydrogen-bond acceptors (Lipinski definition) is 1. The van der Waals surface area contributed by atoms with Crippen molar-refractivity contribution in [1.29, 1.82) is 0 Å². The monoisotopic (exact) mass is 914 g/mol. The molecule has 0 amide bonds. The summed E-state index contributed by atoms with van der Waals surface area (Å²) in [6.45, 7) is 0. The van der Waals surface area contributed by atoms with Crippen LogP contribution in [0.3, 0.4) is 0 Å². The maximum Gasteiger partial charge on any atom is 0.0618 e. The van der Waals surface area contributed by atoms with Crippen LogP contribution in [-0.4, -0.2) is 4.57 Å². The summed E-state index contributed by atoms with van der Waals surface area (Å²) in [5.41, 5.74) is 16.6. The zero-order valence-corrected chi connectivity index (χ0v) is 39.5. The van der Waals surface area contributed by atoms with E-state index in [1.54, 1.807) is 0 Å². The smallest absolute Gasteiger partial charge is 0.0618 e. The van der Waals surface area contributed by atoms with Crippen LogP contribution in [0, 0.1) is 0 Å². The molecule has 0 saturated heterocycles. The maximum atomic E-state index is 2.47. The van der Waals surface area contributed by atoms with Gasteiger partial charge in [-0.3, -0.25) is 0 Å². The van der Waals surface area contributed by atoms with Crippen LogP contribution in [0.4, 0.5) is 17.1 Å². The van der Waals surface area contributed by atoms with Crippen LogP contribution in [0.5, 0.6) is 0 Å². The molecule has 0 radical (unpaired) electrons. The van der Waals surface area contributed by atoms with Gasteiger partial charge in [0.05, 0.1) is 16.7 Å². The average molecular weight is 915 g/mol.